The number of nitrogens with two attached hydrogens (primary N) is 1. The standard InChI is InChI=1S/C11H18N4O/c1-8(2)14-9-3-4-10(5-12)15(6-9)7-11(13)16/h8,10H,3-4,6-7H2,1-2H3,(H2,13,16). The normalized spacial score (nSPS) is 24.6. The topological polar surface area (TPSA) is 82.5 Å². The van der Waals surface area contributed by atoms with E-state index in [-0.39, 0.29) is 18.6 Å². The van der Waals surface area contributed by atoms with Crippen molar-refractivity contribution in [2.45, 2.75) is 38.8 Å². The first kappa shape index (κ1) is 12.7. The summed E-state index contributed by atoms with van der Waals surface area (Å²) in [6.07, 6.45) is 1.57. The Labute approximate surface area is 95.9 Å². The van der Waals surface area contributed by atoms with Crippen LogP contribution >= 0.6 is 0 Å². The van der Waals surface area contributed by atoms with Crippen molar-refractivity contribution in [3.8, 4) is 6.07 Å². The van der Waals surface area contributed by atoms with Gasteiger partial charge in [0, 0.05) is 18.3 Å². The molecule has 5 nitrogen and oxygen atoms in total. The van der Waals surface area contributed by atoms with Crippen molar-refractivity contribution in [3.63, 3.8) is 0 Å². The van der Waals surface area contributed by atoms with Gasteiger partial charge in [0.25, 0.3) is 0 Å². The summed E-state index contributed by atoms with van der Waals surface area (Å²) in [5, 5.41) is 8.96. The van der Waals surface area contributed by atoms with Gasteiger partial charge in [0.15, 0.2) is 0 Å². The number of aliphatic imine (C=N–C) groups is 1. The van der Waals surface area contributed by atoms with Gasteiger partial charge in [-0.15, -0.1) is 0 Å². The third kappa shape index (κ3) is 3.63. The summed E-state index contributed by atoms with van der Waals surface area (Å²) in [4.78, 5) is 17.2. The third-order valence-corrected chi connectivity index (χ3v) is 2.48. The van der Waals surface area contributed by atoms with Crippen molar-refractivity contribution < 1.29 is 4.79 Å². The Kier molecular flexibility index (Phi) is 4.44. The minimum absolute atomic E-state index is 0.134. The van der Waals surface area contributed by atoms with Crippen LogP contribution in [0.5, 0.6) is 0 Å². The molecule has 1 rings (SSSR count). The molecular weight excluding hydrogens is 204 g/mol. The second-order valence-corrected chi connectivity index (χ2v) is 4.34. The minimum atomic E-state index is -0.397. The van der Waals surface area contributed by atoms with Crippen LogP contribution < -0.4 is 5.73 Å². The highest BCUT2D eigenvalue weighted by atomic mass is 16.1. The zero-order chi connectivity index (χ0) is 12.1. The molecule has 1 atom stereocenters. The van der Waals surface area contributed by atoms with Gasteiger partial charge in [0.2, 0.25) is 5.91 Å². The molecule has 1 unspecified atom stereocenters. The second-order valence-electron chi connectivity index (χ2n) is 4.34. The smallest absolute Gasteiger partial charge is 0.231 e. The average Bonchev–Trinajstić information content (AvgIpc) is 2.16. The molecule has 1 heterocycles. The lowest BCUT2D eigenvalue weighted by Gasteiger charge is -2.31. The van der Waals surface area contributed by atoms with Crippen LogP contribution in [0.25, 0.3) is 0 Å². The largest absolute Gasteiger partial charge is 0.369 e. The molecule has 0 aliphatic carbocycles. The van der Waals surface area contributed by atoms with Crippen LogP contribution in [-0.4, -0.2) is 41.7 Å². The van der Waals surface area contributed by atoms with E-state index in [0.717, 1.165) is 18.6 Å². The Morgan fingerprint density at radius 3 is 2.94 bits per heavy atom. The molecule has 16 heavy (non-hydrogen) atoms. The van der Waals surface area contributed by atoms with E-state index in [4.69, 9.17) is 11.0 Å². The maximum atomic E-state index is 10.9. The molecule has 1 aliphatic heterocycles. The fraction of sp³-hybridized carbons (Fsp3) is 0.727. The number of carbonyl (C=O) groups is 1. The van der Waals surface area contributed by atoms with Crippen molar-refractivity contribution in [2.24, 2.45) is 10.7 Å². The van der Waals surface area contributed by atoms with E-state index in [1.165, 1.54) is 0 Å². The SMILES string of the molecule is CC(C)N=C1CCC(C#N)N(CC(N)=O)C1. The second kappa shape index (κ2) is 5.61. The first-order valence-corrected chi connectivity index (χ1v) is 5.50. The Morgan fingerprint density at radius 2 is 2.44 bits per heavy atom. The number of rotatable bonds is 3. The van der Waals surface area contributed by atoms with Crippen LogP contribution in [0.1, 0.15) is 26.7 Å². The number of carbonyl (C=O) groups excluding carboxylic acids is 1. The molecule has 88 valence electrons. The molecule has 0 aromatic rings. The Hall–Kier alpha value is -1.41. The lowest BCUT2D eigenvalue weighted by Crippen LogP contribution is -2.47. The van der Waals surface area contributed by atoms with Gasteiger partial charge in [-0.3, -0.25) is 14.7 Å². The number of amides is 1. The van der Waals surface area contributed by atoms with Crippen molar-refractivity contribution in [3.05, 3.63) is 0 Å². The van der Waals surface area contributed by atoms with Gasteiger partial charge in [0.1, 0.15) is 0 Å². The molecule has 0 radical (unpaired) electrons. The van der Waals surface area contributed by atoms with Gasteiger partial charge in [-0.25, -0.2) is 0 Å². The van der Waals surface area contributed by atoms with E-state index >= 15 is 0 Å². The van der Waals surface area contributed by atoms with Crippen LogP contribution in [0, 0.1) is 11.3 Å². The summed E-state index contributed by atoms with van der Waals surface area (Å²) in [6.45, 7) is 4.75. The molecule has 2 N–H and O–H groups in total. The monoisotopic (exact) mass is 222 g/mol. The molecule has 1 aliphatic rings. The molecule has 1 saturated heterocycles. The molecule has 0 aromatic carbocycles. The zero-order valence-corrected chi connectivity index (χ0v) is 9.81. The van der Waals surface area contributed by atoms with E-state index in [2.05, 4.69) is 11.1 Å². The van der Waals surface area contributed by atoms with Crippen LogP contribution in [0.4, 0.5) is 0 Å². The van der Waals surface area contributed by atoms with Crippen LogP contribution in [0.2, 0.25) is 0 Å². The lowest BCUT2D eigenvalue weighted by atomic mass is 10.0. The molecule has 0 aromatic heterocycles. The van der Waals surface area contributed by atoms with E-state index in [1.807, 2.05) is 13.8 Å². The fourth-order valence-electron chi connectivity index (χ4n) is 1.89. The number of hydrogen-bond acceptors (Lipinski definition) is 4. The lowest BCUT2D eigenvalue weighted by molar-refractivity contribution is -0.119. The predicted octanol–water partition coefficient (Wildman–Crippen LogP) is 0.309. The Balaban J connectivity index is 2.69. The summed E-state index contributed by atoms with van der Waals surface area (Å²) in [5.41, 5.74) is 6.22. The summed E-state index contributed by atoms with van der Waals surface area (Å²) >= 11 is 0. The summed E-state index contributed by atoms with van der Waals surface area (Å²) in [7, 11) is 0. The van der Waals surface area contributed by atoms with E-state index < -0.39 is 5.91 Å². The van der Waals surface area contributed by atoms with E-state index in [9.17, 15) is 4.79 Å². The number of piperidine rings is 1. The van der Waals surface area contributed by atoms with Crippen molar-refractivity contribution in [1.29, 1.82) is 5.26 Å². The van der Waals surface area contributed by atoms with Crippen LogP contribution in [0.15, 0.2) is 4.99 Å². The summed E-state index contributed by atoms with van der Waals surface area (Å²) in [6, 6.07) is 2.24. The van der Waals surface area contributed by atoms with Gasteiger partial charge in [-0.05, 0) is 26.7 Å². The summed E-state index contributed by atoms with van der Waals surface area (Å²) < 4.78 is 0. The molecule has 0 bridgehead atoms. The molecule has 0 saturated carbocycles. The number of primary amides is 1. The zero-order valence-electron chi connectivity index (χ0n) is 9.81. The third-order valence-electron chi connectivity index (χ3n) is 2.48. The maximum Gasteiger partial charge on any atom is 0.231 e. The van der Waals surface area contributed by atoms with Gasteiger partial charge < -0.3 is 5.73 Å². The highest BCUT2D eigenvalue weighted by molar-refractivity contribution is 5.88. The number of nitrogens with zero attached hydrogens (tertiary/aromatic N) is 3. The van der Waals surface area contributed by atoms with E-state index in [0.29, 0.717) is 6.54 Å². The Morgan fingerprint density at radius 1 is 1.75 bits per heavy atom. The highest BCUT2D eigenvalue weighted by Gasteiger charge is 2.26. The fourth-order valence-corrected chi connectivity index (χ4v) is 1.89. The Bertz CT molecular complexity index is 329. The van der Waals surface area contributed by atoms with Gasteiger partial charge in [-0.1, -0.05) is 0 Å². The van der Waals surface area contributed by atoms with Crippen molar-refractivity contribution >= 4 is 11.6 Å². The van der Waals surface area contributed by atoms with Gasteiger partial charge in [0.05, 0.1) is 18.7 Å². The molecular formula is C11H18N4O. The first-order chi connectivity index (χ1) is 7.52. The number of likely N-dealkylation sites (tertiary alicyclic amines) is 1. The quantitative estimate of drug-likeness (QED) is 0.746. The van der Waals surface area contributed by atoms with Gasteiger partial charge >= 0.3 is 0 Å². The molecule has 1 fully saturated rings. The minimum Gasteiger partial charge on any atom is -0.369 e. The summed E-state index contributed by atoms with van der Waals surface area (Å²) in [5.74, 6) is -0.397. The molecule has 0 spiro atoms. The number of hydrogen-bond donors (Lipinski definition) is 1. The van der Waals surface area contributed by atoms with E-state index in [1.54, 1.807) is 4.90 Å². The highest BCUT2D eigenvalue weighted by Crippen LogP contribution is 2.15. The first-order valence-electron chi connectivity index (χ1n) is 5.50. The van der Waals surface area contributed by atoms with Crippen LogP contribution in [-0.2, 0) is 4.79 Å². The van der Waals surface area contributed by atoms with Crippen molar-refractivity contribution in [2.75, 3.05) is 13.1 Å². The number of nitriles is 1. The van der Waals surface area contributed by atoms with Crippen molar-refractivity contribution in [1.82, 2.24) is 4.90 Å². The van der Waals surface area contributed by atoms with Gasteiger partial charge in [-0.2, -0.15) is 5.26 Å². The molecule has 1 amide bonds. The maximum absolute atomic E-state index is 10.9. The predicted molar refractivity (Wildman–Crippen MR) is 62.0 cm³/mol. The molecule has 5 heteroatoms. The average molecular weight is 222 g/mol. The van der Waals surface area contributed by atoms with Crippen LogP contribution in [0.3, 0.4) is 0 Å².